The first-order valence-corrected chi connectivity index (χ1v) is 12.6. The predicted octanol–water partition coefficient (Wildman–Crippen LogP) is 2.82. The SMILES string of the molecule is C=C(C1CC1(F)F)N1CCN(C(=O)[C@H]2CC[C@H](Cn3c(=O)[nH]c4ccc(OC)cc4c3=O)CC2)CC1. The fourth-order valence-corrected chi connectivity index (χ4v) is 5.64. The lowest BCUT2D eigenvalue weighted by Gasteiger charge is -2.39. The molecule has 0 spiro atoms. The van der Waals surface area contributed by atoms with Crippen LogP contribution in [0.1, 0.15) is 32.1 Å². The summed E-state index contributed by atoms with van der Waals surface area (Å²) in [5.41, 5.74) is 0.199. The molecule has 10 heteroatoms. The van der Waals surface area contributed by atoms with Crippen molar-refractivity contribution in [1.29, 1.82) is 0 Å². The third kappa shape index (κ3) is 4.65. The zero-order valence-corrected chi connectivity index (χ0v) is 20.5. The average Bonchev–Trinajstić information content (AvgIpc) is 3.53. The number of alkyl halides is 2. The van der Waals surface area contributed by atoms with Crippen molar-refractivity contribution in [3.05, 3.63) is 51.3 Å². The van der Waals surface area contributed by atoms with Crippen LogP contribution in [0.4, 0.5) is 8.78 Å². The Morgan fingerprint density at radius 1 is 1.11 bits per heavy atom. The van der Waals surface area contributed by atoms with Crippen molar-refractivity contribution < 1.29 is 18.3 Å². The van der Waals surface area contributed by atoms with Crippen LogP contribution in [-0.4, -0.2) is 64.5 Å². The minimum Gasteiger partial charge on any atom is -0.497 e. The second-order valence-corrected chi connectivity index (χ2v) is 10.3. The smallest absolute Gasteiger partial charge is 0.328 e. The number of allylic oxidation sites excluding steroid dienone is 1. The summed E-state index contributed by atoms with van der Waals surface area (Å²) in [6.07, 6.45) is 2.80. The van der Waals surface area contributed by atoms with Crippen LogP contribution in [0.2, 0.25) is 0 Å². The summed E-state index contributed by atoms with van der Waals surface area (Å²) in [6.45, 7) is 6.27. The van der Waals surface area contributed by atoms with E-state index in [0.717, 1.165) is 12.8 Å². The highest BCUT2D eigenvalue weighted by Gasteiger charge is 2.59. The van der Waals surface area contributed by atoms with Gasteiger partial charge >= 0.3 is 5.69 Å². The van der Waals surface area contributed by atoms with Crippen molar-refractivity contribution in [3.63, 3.8) is 0 Å². The lowest BCUT2D eigenvalue weighted by molar-refractivity contribution is -0.138. The summed E-state index contributed by atoms with van der Waals surface area (Å²) in [5.74, 6) is -2.66. The van der Waals surface area contributed by atoms with Crippen LogP contribution in [0.5, 0.6) is 5.75 Å². The zero-order valence-electron chi connectivity index (χ0n) is 20.5. The maximum absolute atomic E-state index is 13.4. The summed E-state index contributed by atoms with van der Waals surface area (Å²) in [7, 11) is 1.52. The largest absolute Gasteiger partial charge is 0.497 e. The number of fused-ring (bicyclic) bond motifs is 1. The number of nitrogens with zero attached hydrogens (tertiary/aromatic N) is 3. The Hall–Kier alpha value is -3.17. The molecule has 1 aromatic carbocycles. The van der Waals surface area contributed by atoms with E-state index in [4.69, 9.17) is 4.74 Å². The summed E-state index contributed by atoms with van der Waals surface area (Å²) >= 11 is 0. The molecule has 2 aliphatic carbocycles. The Labute approximate surface area is 207 Å². The fraction of sp³-hybridized carbons (Fsp3) is 0.577. The molecule has 2 aromatic rings. The first-order chi connectivity index (χ1) is 17.2. The van der Waals surface area contributed by atoms with Gasteiger partial charge in [-0.3, -0.25) is 14.2 Å². The number of aromatic nitrogens is 2. The first kappa shape index (κ1) is 24.5. The van der Waals surface area contributed by atoms with Gasteiger partial charge in [0.15, 0.2) is 0 Å². The Bertz CT molecular complexity index is 1290. The third-order valence-corrected chi connectivity index (χ3v) is 8.05. The van der Waals surface area contributed by atoms with Gasteiger partial charge in [0.05, 0.1) is 23.9 Å². The lowest BCUT2D eigenvalue weighted by atomic mass is 9.81. The summed E-state index contributed by atoms with van der Waals surface area (Å²) in [4.78, 5) is 45.2. The van der Waals surface area contributed by atoms with E-state index in [1.54, 1.807) is 18.2 Å². The number of piperazine rings is 1. The molecule has 1 saturated heterocycles. The number of carbonyl (C=O) groups is 1. The van der Waals surface area contributed by atoms with Crippen LogP contribution < -0.4 is 16.0 Å². The number of hydrogen-bond donors (Lipinski definition) is 1. The molecular weight excluding hydrogens is 470 g/mol. The molecule has 1 aromatic heterocycles. The van der Waals surface area contributed by atoms with Gasteiger partial charge in [0.25, 0.3) is 11.5 Å². The first-order valence-electron chi connectivity index (χ1n) is 12.6. The number of methoxy groups -OCH3 is 1. The van der Waals surface area contributed by atoms with Crippen LogP contribution in [0.15, 0.2) is 40.1 Å². The monoisotopic (exact) mass is 502 g/mol. The highest BCUT2D eigenvalue weighted by molar-refractivity contribution is 5.79. The minimum atomic E-state index is -2.63. The average molecular weight is 503 g/mol. The summed E-state index contributed by atoms with van der Waals surface area (Å²) in [5, 5.41) is 0.407. The number of nitrogens with one attached hydrogen (secondary N) is 1. The molecule has 1 unspecified atom stereocenters. The topological polar surface area (TPSA) is 87.6 Å². The van der Waals surface area contributed by atoms with Gasteiger partial charge in [0.1, 0.15) is 5.75 Å². The molecule has 8 nitrogen and oxygen atoms in total. The van der Waals surface area contributed by atoms with E-state index in [2.05, 4.69) is 11.6 Å². The number of halogens is 2. The minimum absolute atomic E-state index is 0.0837. The van der Waals surface area contributed by atoms with Crippen LogP contribution in [0, 0.1) is 17.8 Å². The molecule has 2 heterocycles. The van der Waals surface area contributed by atoms with Crippen molar-refractivity contribution in [2.45, 2.75) is 44.6 Å². The number of rotatable bonds is 6. The molecule has 0 radical (unpaired) electrons. The zero-order chi connectivity index (χ0) is 25.6. The molecule has 3 fully saturated rings. The van der Waals surface area contributed by atoms with Gasteiger partial charge in [-0.15, -0.1) is 0 Å². The summed E-state index contributed by atoms with van der Waals surface area (Å²) < 4.78 is 33.2. The molecule has 3 aliphatic rings. The Morgan fingerprint density at radius 2 is 1.75 bits per heavy atom. The van der Waals surface area contributed by atoms with Crippen LogP contribution >= 0.6 is 0 Å². The van der Waals surface area contributed by atoms with Crippen molar-refractivity contribution >= 4 is 16.8 Å². The predicted molar refractivity (Wildman–Crippen MR) is 131 cm³/mol. The normalized spacial score (nSPS) is 25.6. The number of H-pyrrole nitrogens is 1. The van der Waals surface area contributed by atoms with Gasteiger partial charge in [-0.1, -0.05) is 6.58 Å². The fourth-order valence-electron chi connectivity index (χ4n) is 5.64. The van der Waals surface area contributed by atoms with Gasteiger partial charge < -0.3 is 19.5 Å². The standard InChI is InChI=1S/C26H32F2N4O4/c1-16(21-14-26(21,27)28)30-9-11-31(12-10-30)23(33)18-5-3-17(4-6-18)15-32-24(34)20-13-19(36-2)7-8-22(20)29-25(32)35/h7-8,13,17-18,21H,1,3-6,9-12,14-15H2,2H3,(H,29,35)/t17-,18-,21?. The molecule has 1 amide bonds. The maximum Gasteiger partial charge on any atom is 0.328 e. The number of carbonyl (C=O) groups excluding carboxylic acids is 1. The Morgan fingerprint density at radius 3 is 2.36 bits per heavy atom. The van der Waals surface area contributed by atoms with E-state index in [1.807, 2.05) is 9.80 Å². The quantitative estimate of drug-likeness (QED) is 0.657. The van der Waals surface area contributed by atoms with Gasteiger partial charge in [-0.05, 0) is 49.8 Å². The van der Waals surface area contributed by atoms with E-state index in [-0.39, 0.29) is 29.7 Å². The van der Waals surface area contributed by atoms with Crippen molar-refractivity contribution in [2.24, 2.45) is 17.8 Å². The van der Waals surface area contributed by atoms with Gasteiger partial charge in [-0.25, -0.2) is 13.6 Å². The highest BCUT2D eigenvalue weighted by atomic mass is 19.3. The molecule has 194 valence electrons. The Balaban J connectivity index is 1.15. The van der Waals surface area contributed by atoms with E-state index in [9.17, 15) is 23.2 Å². The maximum atomic E-state index is 13.4. The number of hydrogen-bond acceptors (Lipinski definition) is 5. The van der Waals surface area contributed by atoms with Crippen LogP contribution in [0.25, 0.3) is 10.9 Å². The van der Waals surface area contributed by atoms with Crippen molar-refractivity contribution in [2.75, 3.05) is 33.3 Å². The highest BCUT2D eigenvalue weighted by Crippen LogP contribution is 2.53. The summed E-state index contributed by atoms with van der Waals surface area (Å²) in [6, 6.07) is 4.99. The molecule has 36 heavy (non-hydrogen) atoms. The van der Waals surface area contributed by atoms with E-state index in [0.29, 0.717) is 67.9 Å². The van der Waals surface area contributed by atoms with E-state index in [1.165, 1.54) is 11.7 Å². The molecule has 0 bridgehead atoms. The number of benzene rings is 1. The van der Waals surface area contributed by atoms with E-state index >= 15 is 0 Å². The molecule has 1 aliphatic heterocycles. The lowest BCUT2D eigenvalue weighted by Crippen LogP contribution is -2.50. The van der Waals surface area contributed by atoms with Gasteiger partial charge in [0, 0.05) is 50.8 Å². The second-order valence-electron chi connectivity index (χ2n) is 10.3. The molecule has 5 rings (SSSR count). The number of aromatic amines is 1. The van der Waals surface area contributed by atoms with Crippen LogP contribution in [-0.2, 0) is 11.3 Å². The number of ether oxygens (including phenoxy) is 1. The van der Waals surface area contributed by atoms with Gasteiger partial charge in [0.2, 0.25) is 5.91 Å². The van der Waals surface area contributed by atoms with Crippen molar-refractivity contribution in [1.82, 2.24) is 19.4 Å². The molecule has 1 atom stereocenters. The molecule has 2 saturated carbocycles. The Kier molecular flexibility index (Phi) is 6.38. The second kappa shape index (κ2) is 9.37. The van der Waals surface area contributed by atoms with Gasteiger partial charge in [-0.2, -0.15) is 0 Å². The van der Waals surface area contributed by atoms with Crippen LogP contribution in [0.3, 0.4) is 0 Å². The van der Waals surface area contributed by atoms with E-state index < -0.39 is 17.5 Å². The number of amides is 1. The molecule has 1 N–H and O–H groups in total. The molecular formula is C26H32F2N4O4. The van der Waals surface area contributed by atoms with Crippen molar-refractivity contribution in [3.8, 4) is 5.75 Å². The third-order valence-electron chi connectivity index (χ3n) is 8.05.